The van der Waals surface area contributed by atoms with Crippen molar-refractivity contribution in [2.45, 2.75) is 130 Å². The lowest BCUT2D eigenvalue weighted by atomic mass is 9.85. The highest BCUT2D eigenvalue weighted by atomic mass is 16.5. The predicted octanol–water partition coefficient (Wildman–Crippen LogP) is 9.06. The van der Waals surface area contributed by atoms with E-state index in [-0.39, 0.29) is 52.6 Å². The molecule has 4 N–H and O–H groups in total. The van der Waals surface area contributed by atoms with E-state index in [0.29, 0.717) is 65.1 Å². The van der Waals surface area contributed by atoms with Crippen LogP contribution in [0.3, 0.4) is 0 Å². The van der Waals surface area contributed by atoms with Crippen LogP contribution in [0.25, 0.3) is 22.1 Å². The average Bonchev–Trinajstić information content (AvgIpc) is 3.79. The van der Waals surface area contributed by atoms with Crippen LogP contribution in [-0.4, -0.2) is 61.8 Å². The molecule has 0 spiro atoms. The number of H-pyrrole nitrogens is 2. The number of ether oxygens (including phenoxy) is 1. The van der Waals surface area contributed by atoms with E-state index in [1.165, 1.54) is 0 Å². The van der Waals surface area contributed by atoms with E-state index in [1.807, 2.05) is 39.0 Å². The number of hydrogen-bond donors (Lipinski definition) is 4. The van der Waals surface area contributed by atoms with Gasteiger partial charge in [-0.3, -0.25) is 24.4 Å². The molecule has 0 aliphatic carbocycles. The molecule has 284 valence electrons. The van der Waals surface area contributed by atoms with E-state index in [9.17, 15) is 24.3 Å². The lowest BCUT2D eigenvalue weighted by Crippen LogP contribution is -2.27. The van der Waals surface area contributed by atoms with Crippen LogP contribution in [0.15, 0.2) is 18.2 Å². The van der Waals surface area contributed by atoms with Crippen molar-refractivity contribution in [3.63, 3.8) is 0 Å². The topological polar surface area (TPSA) is 167 Å². The van der Waals surface area contributed by atoms with Crippen molar-refractivity contribution in [2.24, 2.45) is 0 Å². The summed E-state index contributed by atoms with van der Waals surface area (Å²) in [5.41, 5.74) is 6.77. The molecule has 11 heteroatoms. The summed E-state index contributed by atoms with van der Waals surface area (Å²) >= 11 is 0. The van der Waals surface area contributed by atoms with Crippen LogP contribution in [0.4, 0.5) is 0 Å². The third kappa shape index (κ3) is 8.09. The lowest BCUT2D eigenvalue weighted by Gasteiger charge is -2.18. The van der Waals surface area contributed by atoms with Crippen molar-refractivity contribution >= 4 is 45.7 Å². The van der Waals surface area contributed by atoms with Gasteiger partial charge in [0.15, 0.2) is 5.78 Å². The highest BCUT2D eigenvalue weighted by Crippen LogP contribution is 2.43. The largest absolute Gasteiger partial charge is 0.478 e. The third-order valence-electron chi connectivity index (χ3n) is 11.0. The first-order valence-electron chi connectivity index (χ1n) is 19.3. The Morgan fingerprint density at radius 3 is 2.09 bits per heavy atom. The molecule has 3 aromatic rings. The van der Waals surface area contributed by atoms with Gasteiger partial charge in [0.25, 0.3) is 5.91 Å². The molecule has 3 aromatic heterocycles. The zero-order valence-electron chi connectivity index (χ0n) is 32.5. The maximum absolute atomic E-state index is 14.5. The minimum absolute atomic E-state index is 0.00317. The van der Waals surface area contributed by atoms with Gasteiger partial charge in [0.1, 0.15) is 0 Å². The number of aromatic carboxylic acids is 1. The summed E-state index contributed by atoms with van der Waals surface area (Å²) in [7, 11) is 0. The fraction of sp³-hybridized carbons (Fsp3) is 0.524. The SMILES string of the molecule is CCCCCCNC(=O)c1c2nc(cc3[nH]c(cc4nc(cc5[nH]c1c(C(=O)O)c5C)[C@H](CC)[C@H]4C)c(C(C)=O)c3C)[C@@H](C)[C@@H]2CCC(=O)OCCC. The molecular weight excluding hydrogens is 670 g/mol. The number of nitrogens with one attached hydrogen (secondary N) is 3. The Morgan fingerprint density at radius 2 is 1.43 bits per heavy atom. The molecule has 0 saturated heterocycles. The van der Waals surface area contributed by atoms with Crippen molar-refractivity contribution in [1.29, 1.82) is 0 Å². The summed E-state index contributed by atoms with van der Waals surface area (Å²) in [5.74, 6) is -2.61. The molecule has 5 rings (SSSR count). The van der Waals surface area contributed by atoms with Gasteiger partial charge in [-0.2, -0.15) is 0 Å². The first-order valence-corrected chi connectivity index (χ1v) is 19.3. The first-order chi connectivity index (χ1) is 25.3. The van der Waals surface area contributed by atoms with Gasteiger partial charge in [-0.1, -0.05) is 53.9 Å². The van der Waals surface area contributed by atoms with E-state index in [4.69, 9.17) is 14.7 Å². The van der Waals surface area contributed by atoms with Crippen LogP contribution in [0.1, 0.15) is 182 Å². The Labute approximate surface area is 311 Å². The van der Waals surface area contributed by atoms with Gasteiger partial charge in [-0.25, -0.2) is 4.79 Å². The number of unbranched alkanes of at least 4 members (excludes halogenated alkanes) is 3. The number of carboxylic acid groups (broad SMARTS) is 1. The summed E-state index contributed by atoms with van der Waals surface area (Å²) in [6, 6.07) is 5.76. The number of ketones is 1. The number of carboxylic acids is 1. The molecule has 5 heterocycles. The number of hydrogen-bond acceptors (Lipinski definition) is 7. The number of amides is 1. The Morgan fingerprint density at radius 1 is 0.792 bits per heavy atom. The standard InChI is InChI=1S/C42H55N5O6/c1-9-12-13-14-17-43-41(50)38-39-28(15-16-35(49)53-18-10-2)23(5)30(46-39)19-31-24(6)36(26(8)48)34(45-31)21-29-22(4)27(11-3)33(44-29)20-32-25(7)37(42(51)52)40(38)47-32/h19-23,27-28,45,47H,9-18H2,1-8H3,(H,43,50)(H,51,52)/t22-,23+,27-,28+/m1/s1. The maximum atomic E-state index is 14.5. The quantitative estimate of drug-likeness (QED) is 0.0725. The van der Waals surface area contributed by atoms with Gasteiger partial charge in [0, 0.05) is 70.3 Å². The lowest BCUT2D eigenvalue weighted by molar-refractivity contribution is -0.143. The minimum atomic E-state index is -1.16. The number of carbonyl (C=O) groups is 4. The van der Waals surface area contributed by atoms with E-state index >= 15 is 0 Å². The predicted molar refractivity (Wildman–Crippen MR) is 207 cm³/mol. The van der Waals surface area contributed by atoms with Gasteiger partial charge < -0.3 is 25.1 Å². The van der Waals surface area contributed by atoms with Gasteiger partial charge in [-0.05, 0) is 75.8 Å². The van der Waals surface area contributed by atoms with E-state index in [0.717, 1.165) is 49.1 Å². The molecule has 2 aliphatic heterocycles. The fourth-order valence-corrected chi connectivity index (χ4v) is 7.98. The zero-order chi connectivity index (χ0) is 38.6. The number of carbonyl (C=O) groups excluding carboxylic acids is 3. The van der Waals surface area contributed by atoms with Crippen LogP contribution in [0.5, 0.6) is 0 Å². The number of nitrogens with zero attached hydrogens (tertiary/aromatic N) is 2. The van der Waals surface area contributed by atoms with Crippen LogP contribution >= 0.6 is 0 Å². The maximum Gasteiger partial charge on any atom is 0.338 e. The van der Waals surface area contributed by atoms with Gasteiger partial charge in [0.2, 0.25) is 0 Å². The number of aromatic amines is 2. The Balaban J connectivity index is 1.91. The van der Waals surface area contributed by atoms with Crippen molar-refractivity contribution in [1.82, 2.24) is 25.3 Å². The molecule has 0 unspecified atom stereocenters. The number of aromatic nitrogens is 4. The second kappa shape index (κ2) is 16.9. The molecule has 0 aromatic carbocycles. The van der Waals surface area contributed by atoms with Crippen LogP contribution < -0.4 is 5.32 Å². The number of Topliss-reactive ketones (excluding diaryl/α,β-unsaturated/α-hetero) is 1. The molecule has 8 bridgehead atoms. The van der Waals surface area contributed by atoms with Crippen molar-refractivity contribution < 1.29 is 29.0 Å². The molecule has 53 heavy (non-hydrogen) atoms. The van der Waals surface area contributed by atoms with Crippen LogP contribution in [-0.2, 0) is 9.53 Å². The third-order valence-corrected chi connectivity index (χ3v) is 11.0. The number of fused-ring (bicyclic) bond motifs is 8. The van der Waals surface area contributed by atoms with Crippen LogP contribution in [0.2, 0.25) is 0 Å². The van der Waals surface area contributed by atoms with Gasteiger partial charge in [-0.15, -0.1) is 0 Å². The average molecular weight is 726 g/mol. The summed E-state index contributed by atoms with van der Waals surface area (Å²) < 4.78 is 5.42. The normalized spacial score (nSPS) is 18.2. The van der Waals surface area contributed by atoms with Gasteiger partial charge >= 0.3 is 11.9 Å². The number of rotatable bonds is 14. The highest BCUT2D eigenvalue weighted by Gasteiger charge is 2.35. The van der Waals surface area contributed by atoms with Crippen molar-refractivity contribution in [3.8, 4) is 0 Å². The second-order valence-corrected chi connectivity index (χ2v) is 14.7. The molecular formula is C42H55N5O6. The molecule has 0 saturated carbocycles. The summed E-state index contributed by atoms with van der Waals surface area (Å²) in [6.45, 7) is 16.2. The molecule has 0 radical (unpaired) electrons. The minimum Gasteiger partial charge on any atom is -0.478 e. The second-order valence-electron chi connectivity index (χ2n) is 14.7. The van der Waals surface area contributed by atoms with E-state index in [2.05, 4.69) is 36.1 Å². The Kier molecular flexibility index (Phi) is 12.6. The monoisotopic (exact) mass is 725 g/mol. The van der Waals surface area contributed by atoms with Gasteiger partial charge in [0.05, 0.1) is 34.5 Å². The molecule has 2 aliphatic rings. The van der Waals surface area contributed by atoms with Crippen molar-refractivity contribution in [3.05, 3.63) is 68.8 Å². The van der Waals surface area contributed by atoms with E-state index < -0.39 is 17.8 Å². The molecule has 4 atom stereocenters. The fourth-order valence-electron chi connectivity index (χ4n) is 7.98. The zero-order valence-corrected chi connectivity index (χ0v) is 32.5. The molecule has 0 fully saturated rings. The van der Waals surface area contributed by atoms with E-state index in [1.54, 1.807) is 13.8 Å². The Hall–Kier alpha value is -4.80. The number of esters is 1. The summed E-state index contributed by atoms with van der Waals surface area (Å²) in [5, 5.41) is 13.8. The van der Waals surface area contributed by atoms with Crippen molar-refractivity contribution in [2.75, 3.05) is 13.2 Å². The summed E-state index contributed by atoms with van der Waals surface area (Å²) in [6.07, 6.45) is 5.76. The van der Waals surface area contributed by atoms with Crippen LogP contribution in [0, 0.1) is 13.8 Å². The number of aryl methyl sites for hydroxylation is 2. The molecule has 11 nitrogen and oxygen atoms in total. The summed E-state index contributed by atoms with van der Waals surface area (Å²) in [4.78, 5) is 70.6. The smallest absolute Gasteiger partial charge is 0.338 e. The highest BCUT2D eigenvalue weighted by molar-refractivity contribution is 6.10. The Bertz CT molecular complexity index is 2060. The molecule has 1 amide bonds. The first kappa shape index (κ1) is 39.4.